The lowest BCUT2D eigenvalue weighted by molar-refractivity contribution is -0.115. The maximum Gasteiger partial charge on any atom is 0.251 e. The van der Waals surface area contributed by atoms with E-state index in [9.17, 15) is 18.4 Å². The van der Waals surface area contributed by atoms with Crippen LogP contribution in [0.2, 0.25) is 0 Å². The van der Waals surface area contributed by atoms with Gasteiger partial charge in [0.15, 0.2) is 0 Å². The minimum atomic E-state index is -1.07. The number of carbonyl (C=O) groups excluding carboxylic acids is 2. The maximum absolute atomic E-state index is 13.4. The average molecular weight is 271 g/mol. The van der Waals surface area contributed by atoms with Crippen molar-refractivity contribution in [3.8, 4) is 0 Å². The first-order valence-electron chi connectivity index (χ1n) is 5.63. The zero-order valence-electron chi connectivity index (χ0n) is 10.6. The first-order valence-corrected chi connectivity index (χ1v) is 5.63. The second-order valence-corrected chi connectivity index (χ2v) is 4.26. The molecule has 0 aromatic heterocycles. The van der Waals surface area contributed by atoms with E-state index >= 15 is 0 Å². The molecule has 0 aliphatic carbocycles. The number of anilines is 1. The molecule has 0 heterocycles. The molecule has 0 radical (unpaired) electrons. The highest BCUT2D eigenvalue weighted by Gasteiger charge is 2.15. The minimum absolute atomic E-state index is 0.0274. The summed E-state index contributed by atoms with van der Waals surface area (Å²) in [5, 5.41) is 5.07. The van der Waals surface area contributed by atoms with Gasteiger partial charge >= 0.3 is 0 Å². The Labute approximate surface area is 109 Å². The predicted octanol–water partition coefficient (Wildman–Crippen LogP) is 1.00. The largest absolute Gasteiger partial charge is 0.366 e. The summed E-state index contributed by atoms with van der Waals surface area (Å²) in [5.41, 5.74) is 4.17. The summed E-state index contributed by atoms with van der Waals surface area (Å²) in [6, 6.07) is 1.47. The van der Waals surface area contributed by atoms with Crippen molar-refractivity contribution in [3.63, 3.8) is 0 Å². The summed E-state index contributed by atoms with van der Waals surface area (Å²) in [4.78, 5) is 22.4. The molecule has 0 saturated heterocycles. The van der Waals surface area contributed by atoms with E-state index in [0.29, 0.717) is 6.07 Å². The van der Waals surface area contributed by atoms with Crippen LogP contribution in [0.5, 0.6) is 0 Å². The Kier molecular flexibility index (Phi) is 4.94. The number of primary amides is 1. The van der Waals surface area contributed by atoms with Crippen molar-refractivity contribution in [2.75, 3.05) is 11.9 Å². The van der Waals surface area contributed by atoms with Crippen molar-refractivity contribution in [2.45, 2.75) is 19.9 Å². The third kappa shape index (κ3) is 4.29. The number of nitrogens with two attached hydrogens (primary N) is 1. The van der Waals surface area contributed by atoms with Gasteiger partial charge in [0.25, 0.3) is 5.91 Å². The summed E-state index contributed by atoms with van der Waals surface area (Å²) in [6.07, 6.45) is 0. The molecular weight excluding hydrogens is 256 g/mol. The number of nitrogens with one attached hydrogen (secondary N) is 2. The summed E-state index contributed by atoms with van der Waals surface area (Å²) in [6.45, 7) is 3.66. The van der Waals surface area contributed by atoms with Crippen LogP contribution < -0.4 is 16.4 Å². The minimum Gasteiger partial charge on any atom is -0.366 e. The van der Waals surface area contributed by atoms with Gasteiger partial charge in [-0.2, -0.15) is 0 Å². The molecule has 1 aromatic carbocycles. The van der Waals surface area contributed by atoms with E-state index in [1.807, 2.05) is 13.8 Å². The van der Waals surface area contributed by atoms with Gasteiger partial charge in [-0.1, -0.05) is 13.8 Å². The molecule has 2 amide bonds. The van der Waals surface area contributed by atoms with E-state index in [4.69, 9.17) is 5.73 Å². The molecule has 1 rings (SSSR count). The van der Waals surface area contributed by atoms with Gasteiger partial charge in [-0.3, -0.25) is 9.59 Å². The Hall–Kier alpha value is -2.02. The zero-order valence-corrected chi connectivity index (χ0v) is 10.6. The fourth-order valence-electron chi connectivity index (χ4n) is 1.32. The van der Waals surface area contributed by atoms with Crippen LogP contribution >= 0.6 is 0 Å². The van der Waals surface area contributed by atoms with Crippen LogP contribution in [0.1, 0.15) is 24.2 Å². The SMILES string of the molecule is CC(C)NCC(=O)Nc1cc(C(N)=O)c(F)cc1F. The standard InChI is InChI=1S/C12H15F2N3O2/c1-6(2)16-5-11(18)17-10-3-7(12(15)19)8(13)4-9(10)14/h3-4,6,16H,5H2,1-2H3,(H2,15,19)(H,17,18). The number of halogens is 2. The third-order valence-corrected chi connectivity index (χ3v) is 2.27. The van der Waals surface area contributed by atoms with E-state index in [2.05, 4.69) is 10.6 Å². The van der Waals surface area contributed by atoms with Crippen molar-refractivity contribution in [2.24, 2.45) is 5.73 Å². The maximum atomic E-state index is 13.4. The molecular formula is C12H15F2N3O2. The second-order valence-electron chi connectivity index (χ2n) is 4.26. The van der Waals surface area contributed by atoms with Gasteiger partial charge in [-0.25, -0.2) is 8.78 Å². The van der Waals surface area contributed by atoms with Crippen molar-refractivity contribution >= 4 is 17.5 Å². The van der Waals surface area contributed by atoms with Crippen LogP contribution in [0.4, 0.5) is 14.5 Å². The number of benzene rings is 1. The highest BCUT2D eigenvalue weighted by molar-refractivity contribution is 5.97. The lowest BCUT2D eigenvalue weighted by atomic mass is 10.1. The molecule has 0 spiro atoms. The molecule has 104 valence electrons. The molecule has 0 atom stereocenters. The fourth-order valence-corrected chi connectivity index (χ4v) is 1.32. The van der Waals surface area contributed by atoms with Crippen molar-refractivity contribution in [3.05, 3.63) is 29.3 Å². The molecule has 0 aliphatic heterocycles. The highest BCUT2D eigenvalue weighted by atomic mass is 19.1. The molecule has 19 heavy (non-hydrogen) atoms. The van der Waals surface area contributed by atoms with Crippen LogP contribution in [0.25, 0.3) is 0 Å². The lowest BCUT2D eigenvalue weighted by Crippen LogP contribution is -2.33. The number of hydrogen-bond donors (Lipinski definition) is 3. The molecule has 4 N–H and O–H groups in total. The molecule has 7 heteroatoms. The normalized spacial score (nSPS) is 10.6. The molecule has 1 aromatic rings. The zero-order chi connectivity index (χ0) is 14.6. The van der Waals surface area contributed by atoms with Gasteiger partial charge in [0.05, 0.1) is 17.8 Å². The molecule has 0 fully saturated rings. The Bertz CT molecular complexity index is 504. The summed E-state index contributed by atoms with van der Waals surface area (Å²) in [7, 11) is 0. The molecule has 0 bridgehead atoms. The molecule has 0 unspecified atom stereocenters. The van der Waals surface area contributed by atoms with E-state index in [-0.39, 0.29) is 18.3 Å². The van der Waals surface area contributed by atoms with Crippen LogP contribution in [0, 0.1) is 11.6 Å². The summed E-state index contributed by atoms with van der Waals surface area (Å²) in [5.74, 6) is -3.58. The number of amides is 2. The van der Waals surface area contributed by atoms with Gasteiger partial charge in [0.1, 0.15) is 11.6 Å². The molecule has 0 saturated carbocycles. The van der Waals surface area contributed by atoms with Gasteiger partial charge in [-0.15, -0.1) is 0 Å². The average Bonchev–Trinajstić information content (AvgIpc) is 2.29. The molecule has 0 aliphatic rings. The van der Waals surface area contributed by atoms with Crippen molar-refractivity contribution in [1.29, 1.82) is 0 Å². The predicted molar refractivity (Wildman–Crippen MR) is 66.6 cm³/mol. The smallest absolute Gasteiger partial charge is 0.251 e. The fraction of sp³-hybridized carbons (Fsp3) is 0.333. The van der Waals surface area contributed by atoms with Crippen molar-refractivity contribution < 1.29 is 18.4 Å². The quantitative estimate of drug-likeness (QED) is 0.747. The summed E-state index contributed by atoms with van der Waals surface area (Å²) < 4.78 is 26.6. The number of hydrogen-bond acceptors (Lipinski definition) is 3. The Morgan fingerprint density at radius 1 is 1.26 bits per heavy atom. The highest BCUT2D eigenvalue weighted by Crippen LogP contribution is 2.19. The van der Waals surface area contributed by atoms with Gasteiger partial charge < -0.3 is 16.4 Å². The third-order valence-electron chi connectivity index (χ3n) is 2.27. The van der Waals surface area contributed by atoms with E-state index in [1.165, 1.54) is 0 Å². The van der Waals surface area contributed by atoms with Crippen LogP contribution in [0.3, 0.4) is 0 Å². The Morgan fingerprint density at radius 3 is 2.42 bits per heavy atom. The Balaban J connectivity index is 2.86. The summed E-state index contributed by atoms with van der Waals surface area (Å²) >= 11 is 0. The molecule has 5 nitrogen and oxygen atoms in total. The van der Waals surface area contributed by atoms with E-state index < -0.39 is 29.0 Å². The van der Waals surface area contributed by atoms with Crippen LogP contribution in [-0.4, -0.2) is 24.4 Å². The van der Waals surface area contributed by atoms with Gasteiger partial charge in [0.2, 0.25) is 5.91 Å². The Morgan fingerprint density at radius 2 is 1.89 bits per heavy atom. The first kappa shape index (κ1) is 15.0. The van der Waals surface area contributed by atoms with Crippen molar-refractivity contribution in [1.82, 2.24) is 5.32 Å². The number of carbonyl (C=O) groups is 2. The topological polar surface area (TPSA) is 84.2 Å². The van der Waals surface area contributed by atoms with E-state index in [0.717, 1.165) is 6.07 Å². The second kappa shape index (κ2) is 6.24. The van der Waals surface area contributed by atoms with Gasteiger partial charge in [0, 0.05) is 12.1 Å². The van der Waals surface area contributed by atoms with E-state index in [1.54, 1.807) is 0 Å². The van der Waals surface area contributed by atoms with Crippen LogP contribution in [-0.2, 0) is 4.79 Å². The lowest BCUT2D eigenvalue weighted by Gasteiger charge is -2.10. The number of rotatable bonds is 5. The van der Waals surface area contributed by atoms with Gasteiger partial charge in [-0.05, 0) is 6.07 Å². The first-order chi connectivity index (χ1) is 8.81. The monoisotopic (exact) mass is 271 g/mol. The van der Waals surface area contributed by atoms with Crippen LogP contribution in [0.15, 0.2) is 12.1 Å².